The van der Waals surface area contributed by atoms with Gasteiger partial charge in [0.25, 0.3) is 0 Å². The lowest BCUT2D eigenvalue weighted by Gasteiger charge is -2.15. The highest BCUT2D eigenvalue weighted by molar-refractivity contribution is 6.88. The minimum atomic E-state index is -2.16. The van der Waals surface area contributed by atoms with E-state index in [4.69, 9.17) is 17.3 Å². The van der Waals surface area contributed by atoms with Crippen LogP contribution in [0.3, 0.4) is 0 Å². The smallest absolute Gasteiger partial charge is 0.352 e. The summed E-state index contributed by atoms with van der Waals surface area (Å²) in [6.07, 6.45) is 10.5. The zero-order valence-corrected chi connectivity index (χ0v) is 7.48. The predicted octanol–water partition coefficient (Wildman–Crippen LogP) is 1.33. The van der Waals surface area contributed by atoms with Gasteiger partial charge in [0.15, 0.2) is 0 Å². The van der Waals surface area contributed by atoms with Crippen molar-refractivity contribution in [3.8, 4) is 23.9 Å². The molecule has 0 rings (SSSR count). The van der Waals surface area contributed by atoms with Crippen LogP contribution < -0.4 is 0 Å². The lowest BCUT2D eigenvalue weighted by atomic mass is 10.9. The fourth-order valence-electron chi connectivity index (χ4n) is 0.678. The molecule has 0 aliphatic rings. The minimum Gasteiger partial charge on any atom is -0.397 e. The Labute approximate surface area is 63.9 Å². The first-order chi connectivity index (χ1) is 4.74. The fourth-order valence-corrected chi connectivity index (χ4v) is 2.03. The van der Waals surface area contributed by atoms with Gasteiger partial charge in [0.1, 0.15) is 0 Å². The molecule has 0 fully saturated rings. The molecule has 0 aromatic rings. The van der Waals surface area contributed by atoms with Crippen LogP contribution in [0.25, 0.3) is 0 Å². The van der Waals surface area contributed by atoms with Gasteiger partial charge in [-0.25, -0.2) is 0 Å². The highest BCUT2D eigenvalue weighted by Crippen LogP contribution is 2.07. The Morgan fingerprint density at radius 3 is 1.90 bits per heavy atom. The first kappa shape index (κ1) is 9.30. The molecule has 2 heteroatoms. The van der Waals surface area contributed by atoms with E-state index in [1.54, 1.807) is 0 Å². The van der Waals surface area contributed by atoms with E-state index in [1.165, 1.54) is 0 Å². The van der Waals surface area contributed by atoms with Crippen LogP contribution in [0.5, 0.6) is 0 Å². The summed E-state index contributed by atoms with van der Waals surface area (Å²) in [5.41, 5.74) is 5.19. The van der Waals surface area contributed by atoms with Gasteiger partial charge in [-0.3, -0.25) is 0 Å². The molecule has 0 aromatic heterocycles. The van der Waals surface area contributed by atoms with Crippen molar-refractivity contribution >= 4 is 8.32 Å². The van der Waals surface area contributed by atoms with Crippen LogP contribution in [0, 0.1) is 23.9 Å². The Balaban J connectivity index is 4.24. The molecular weight excluding hydrogens is 140 g/mol. The summed E-state index contributed by atoms with van der Waals surface area (Å²) < 4.78 is 5.34. The van der Waals surface area contributed by atoms with Gasteiger partial charge in [-0.05, 0) is 13.0 Å². The standard InChI is InChI=1S/C8H12OSi/c1-5-9-10(6-2,7-3)8-4/h2-3H,5,8H2,1,4H3. The number of hydrogen-bond donors (Lipinski definition) is 0. The maximum absolute atomic E-state index is 5.34. The first-order valence-electron chi connectivity index (χ1n) is 3.34. The van der Waals surface area contributed by atoms with Crippen molar-refractivity contribution in [1.29, 1.82) is 0 Å². The molecule has 0 bridgehead atoms. The summed E-state index contributed by atoms with van der Waals surface area (Å²) in [5.74, 6) is 0. The molecule has 0 spiro atoms. The average Bonchev–Trinajstić information content (AvgIpc) is 2.01. The van der Waals surface area contributed by atoms with Gasteiger partial charge in [-0.15, -0.1) is 12.8 Å². The molecule has 0 aromatic carbocycles. The molecule has 0 heterocycles. The second-order valence-corrected chi connectivity index (χ2v) is 5.13. The van der Waals surface area contributed by atoms with E-state index in [0.717, 1.165) is 6.04 Å². The van der Waals surface area contributed by atoms with Gasteiger partial charge < -0.3 is 4.43 Å². The molecule has 0 unspecified atom stereocenters. The van der Waals surface area contributed by atoms with Gasteiger partial charge >= 0.3 is 8.32 Å². The molecule has 54 valence electrons. The van der Waals surface area contributed by atoms with E-state index in [2.05, 4.69) is 11.1 Å². The monoisotopic (exact) mass is 152 g/mol. The van der Waals surface area contributed by atoms with Gasteiger partial charge in [0.2, 0.25) is 0 Å². The van der Waals surface area contributed by atoms with Crippen LogP contribution in [-0.4, -0.2) is 14.9 Å². The predicted molar refractivity (Wildman–Crippen MR) is 45.5 cm³/mol. The summed E-state index contributed by atoms with van der Waals surface area (Å²) in [6, 6.07) is 0.799. The van der Waals surface area contributed by atoms with Crippen LogP contribution >= 0.6 is 0 Å². The quantitative estimate of drug-likeness (QED) is 0.438. The van der Waals surface area contributed by atoms with Crippen LogP contribution in [0.4, 0.5) is 0 Å². The van der Waals surface area contributed by atoms with E-state index in [-0.39, 0.29) is 0 Å². The molecule has 0 atom stereocenters. The number of hydrogen-bond acceptors (Lipinski definition) is 1. The van der Waals surface area contributed by atoms with Gasteiger partial charge in [0, 0.05) is 6.61 Å². The molecule has 1 nitrogen and oxygen atoms in total. The largest absolute Gasteiger partial charge is 0.397 e. The lowest BCUT2D eigenvalue weighted by Crippen LogP contribution is -2.34. The Morgan fingerprint density at radius 1 is 1.30 bits per heavy atom. The van der Waals surface area contributed by atoms with Crippen LogP contribution in [-0.2, 0) is 4.43 Å². The topological polar surface area (TPSA) is 9.23 Å². The van der Waals surface area contributed by atoms with Crippen molar-refractivity contribution < 1.29 is 4.43 Å². The Bertz CT molecular complexity index is 159. The first-order valence-corrected chi connectivity index (χ1v) is 5.45. The van der Waals surface area contributed by atoms with Gasteiger partial charge in [0.05, 0.1) is 0 Å². The van der Waals surface area contributed by atoms with Crippen molar-refractivity contribution in [2.24, 2.45) is 0 Å². The second kappa shape index (κ2) is 4.17. The Kier molecular flexibility index (Phi) is 3.87. The van der Waals surface area contributed by atoms with Crippen LogP contribution in [0.15, 0.2) is 0 Å². The van der Waals surface area contributed by atoms with Crippen molar-refractivity contribution in [3.63, 3.8) is 0 Å². The second-order valence-electron chi connectivity index (χ2n) is 1.90. The van der Waals surface area contributed by atoms with E-state index in [1.807, 2.05) is 13.8 Å². The number of terminal acetylenes is 2. The summed E-state index contributed by atoms with van der Waals surface area (Å²) in [7, 11) is -2.16. The van der Waals surface area contributed by atoms with Crippen LogP contribution in [0.1, 0.15) is 13.8 Å². The summed E-state index contributed by atoms with van der Waals surface area (Å²) in [5, 5.41) is 0. The third-order valence-electron chi connectivity index (χ3n) is 1.35. The molecule has 0 aliphatic carbocycles. The molecule has 0 aliphatic heterocycles. The maximum Gasteiger partial charge on any atom is 0.352 e. The third-order valence-corrected chi connectivity index (χ3v) is 4.06. The average molecular weight is 152 g/mol. The van der Waals surface area contributed by atoms with E-state index >= 15 is 0 Å². The molecule has 0 N–H and O–H groups in total. The molecular formula is C8H12OSi. The molecule has 0 saturated carbocycles. The summed E-state index contributed by atoms with van der Waals surface area (Å²) in [6.45, 7) is 4.50. The Morgan fingerprint density at radius 2 is 1.80 bits per heavy atom. The van der Waals surface area contributed by atoms with Crippen molar-refractivity contribution in [3.05, 3.63) is 0 Å². The van der Waals surface area contributed by atoms with Crippen LogP contribution in [0.2, 0.25) is 6.04 Å². The minimum absolute atomic E-state index is 0.620. The SMILES string of the molecule is C#C[Si](C#C)(CC)OCC. The fraction of sp³-hybridized carbons (Fsp3) is 0.500. The third kappa shape index (κ3) is 1.91. The molecule has 0 radical (unpaired) electrons. The normalized spacial score (nSPS) is 10.0. The lowest BCUT2D eigenvalue weighted by molar-refractivity contribution is 0.341. The highest BCUT2D eigenvalue weighted by atomic mass is 28.4. The number of rotatable bonds is 3. The maximum atomic E-state index is 5.34. The summed E-state index contributed by atoms with van der Waals surface area (Å²) >= 11 is 0. The Hall–Kier alpha value is -0.703. The van der Waals surface area contributed by atoms with E-state index in [0.29, 0.717) is 6.61 Å². The van der Waals surface area contributed by atoms with Gasteiger partial charge in [-0.1, -0.05) is 18.0 Å². The zero-order valence-electron chi connectivity index (χ0n) is 6.48. The molecule has 0 saturated heterocycles. The van der Waals surface area contributed by atoms with E-state index in [9.17, 15) is 0 Å². The van der Waals surface area contributed by atoms with Crippen molar-refractivity contribution in [2.45, 2.75) is 19.9 Å². The van der Waals surface area contributed by atoms with Crippen molar-refractivity contribution in [2.75, 3.05) is 6.61 Å². The van der Waals surface area contributed by atoms with E-state index < -0.39 is 8.32 Å². The molecule has 0 amide bonds. The highest BCUT2D eigenvalue weighted by Gasteiger charge is 2.27. The van der Waals surface area contributed by atoms with Gasteiger partial charge in [-0.2, -0.15) is 0 Å². The van der Waals surface area contributed by atoms with Crippen molar-refractivity contribution in [1.82, 2.24) is 0 Å². The summed E-state index contributed by atoms with van der Waals surface area (Å²) in [4.78, 5) is 0. The zero-order chi connectivity index (χ0) is 8.04. The molecule has 10 heavy (non-hydrogen) atoms.